The van der Waals surface area contributed by atoms with E-state index in [2.05, 4.69) is 6.92 Å². The quantitative estimate of drug-likeness (QED) is 0.499. The second-order valence-electron chi connectivity index (χ2n) is 4.40. The van der Waals surface area contributed by atoms with Crippen LogP contribution < -0.4 is 15.2 Å². The Bertz CT molecular complexity index is 555. The molecular weight excluding hydrogens is 270 g/mol. The molecule has 0 spiro atoms. The summed E-state index contributed by atoms with van der Waals surface area (Å²) in [5, 5.41) is 0. The van der Waals surface area contributed by atoms with Gasteiger partial charge in [0.1, 0.15) is 11.5 Å². The molecule has 0 bridgehead atoms. The molecule has 106 valence electrons. The van der Waals surface area contributed by atoms with Gasteiger partial charge in [-0.3, -0.25) is 0 Å². The molecule has 4 heteroatoms. The zero-order chi connectivity index (χ0) is 14.4. The van der Waals surface area contributed by atoms with Gasteiger partial charge in [-0.25, -0.2) is 0 Å². The van der Waals surface area contributed by atoms with E-state index in [1.165, 1.54) is 10.5 Å². The fourth-order valence-electron chi connectivity index (χ4n) is 1.76. The second-order valence-corrected chi connectivity index (χ2v) is 5.53. The molecule has 0 fully saturated rings. The molecule has 2 aromatic carbocycles. The lowest BCUT2D eigenvalue weighted by Crippen LogP contribution is -2.00. The number of benzene rings is 2. The van der Waals surface area contributed by atoms with Gasteiger partial charge in [0, 0.05) is 16.3 Å². The van der Waals surface area contributed by atoms with Gasteiger partial charge in [0.15, 0.2) is 0 Å². The molecule has 2 N–H and O–H groups in total. The summed E-state index contributed by atoms with van der Waals surface area (Å²) < 4.78 is 10.8. The van der Waals surface area contributed by atoms with Crippen LogP contribution in [0.3, 0.4) is 0 Å². The minimum Gasteiger partial charge on any atom is -0.497 e. The Hall–Kier alpha value is -1.81. The average Bonchev–Trinajstić information content (AvgIpc) is 2.47. The standard InChI is InChI=1S/C16H19NO2S/c1-12-3-4-13(17)11-16(12)20-10-9-19-15-7-5-14(18-2)6-8-15/h3-8,11H,9-10,17H2,1-2H3. The Kier molecular flexibility index (Phi) is 5.18. The van der Waals surface area contributed by atoms with Crippen molar-refractivity contribution in [3.05, 3.63) is 48.0 Å². The van der Waals surface area contributed by atoms with Gasteiger partial charge in [-0.05, 0) is 48.9 Å². The monoisotopic (exact) mass is 289 g/mol. The van der Waals surface area contributed by atoms with Crippen LogP contribution in [0, 0.1) is 6.92 Å². The summed E-state index contributed by atoms with van der Waals surface area (Å²) in [5.74, 6) is 2.58. The number of methoxy groups -OCH3 is 1. The lowest BCUT2D eigenvalue weighted by molar-refractivity contribution is 0.342. The highest BCUT2D eigenvalue weighted by Crippen LogP contribution is 2.25. The van der Waals surface area contributed by atoms with Crippen LogP contribution in [0.2, 0.25) is 0 Å². The maximum absolute atomic E-state index is 5.79. The molecule has 0 unspecified atom stereocenters. The van der Waals surface area contributed by atoms with Crippen molar-refractivity contribution in [2.45, 2.75) is 11.8 Å². The number of hydrogen-bond acceptors (Lipinski definition) is 4. The largest absolute Gasteiger partial charge is 0.497 e. The highest BCUT2D eigenvalue weighted by atomic mass is 32.2. The van der Waals surface area contributed by atoms with Crippen LogP contribution in [0.25, 0.3) is 0 Å². The third-order valence-electron chi connectivity index (χ3n) is 2.88. The van der Waals surface area contributed by atoms with Crippen molar-refractivity contribution in [1.82, 2.24) is 0 Å². The van der Waals surface area contributed by atoms with Gasteiger partial charge in [0.05, 0.1) is 13.7 Å². The Morgan fingerprint density at radius 3 is 2.45 bits per heavy atom. The molecule has 2 aromatic rings. The molecule has 0 atom stereocenters. The van der Waals surface area contributed by atoms with Crippen LogP contribution in [-0.4, -0.2) is 19.5 Å². The molecule has 0 aliphatic carbocycles. The van der Waals surface area contributed by atoms with Crippen LogP contribution in [0.15, 0.2) is 47.4 Å². The number of rotatable bonds is 6. The summed E-state index contributed by atoms with van der Waals surface area (Å²) >= 11 is 1.76. The number of anilines is 1. The van der Waals surface area contributed by atoms with Crippen LogP contribution in [0.5, 0.6) is 11.5 Å². The van der Waals surface area contributed by atoms with Gasteiger partial charge in [0.2, 0.25) is 0 Å². The zero-order valence-electron chi connectivity index (χ0n) is 11.8. The van der Waals surface area contributed by atoms with Gasteiger partial charge in [-0.15, -0.1) is 11.8 Å². The van der Waals surface area contributed by atoms with Crippen molar-refractivity contribution in [2.24, 2.45) is 0 Å². The summed E-state index contributed by atoms with van der Waals surface area (Å²) in [6.45, 7) is 2.75. The molecule has 20 heavy (non-hydrogen) atoms. The Labute approximate surface area is 124 Å². The van der Waals surface area contributed by atoms with Crippen LogP contribution >= 0.6 is 11.8 Å². The van der Waals surface area contributed by atoms with E-state index in [4.69, 9.17) is 15.2 Å². The van der Waals surface area contributed by atoms with E-state index in [1.54, 1.807) is 18.9 Å². The molecule has 0 aliphatic heterocycles. The van der Waals surface area contributed by atoms with Crippen molar-refractivity contribution in [1.29, 1.82) is 0 Å². The predicted molar refractivity (Wildman–Crippen MR) is 84.8 cm³/mol. The van der Waals surface area contributed by atoms with Crippen LogP contribution in [0.1, 0.15) is 5.56 Å². The van der Waals surface area contributed by atoms with E-state index in [1.807, 2.05) is 42.5 Å². The third kappa shape index (κ3) is 4.10. The molecule has 0 heterocycles. The lowest BCUT2D eigenvalue weighted by Gasteiger charge is -2.09. The summed E-state index contributed by atoms with van der Waals surface area (Å²) in [7, 11) is 1.65. The molecule has 3 nitrogen and oxygen atoms in total. The molecule has 0 amide bonds. The molecule has 0 aliphatic rings. The Balaban J connectivity index is 1.79. The van der Waals surface area contributed by atoms with E-state index in [0.29, 0.717) is 6.61 Å². The molecule has 0 saturated carbocycles. The topological polar surface area (TPSA) is 44.5 Å². The number of aryl methyl sites for hydroxylation is 1. The number of ether oxygens (including phenoxy) is 2. The van der Waals surface area contributed by atoms with Crippen molar-refractivity contribution in [2.75, 3.05) is 25.2 Å². The second kappa shape index (κ2) is 7.10. The van der Waals surface area contributed by atoms with Crippen molar-refractivity contribution < 1.29 is 9.47 Å². The van der Waals surface area contributed by atoms with E-state index in [0.717, 1.165) is 22.9 Å². The van der Waals surface area contributed by atoms with Gasteiger partial charge in [-0.2, -0.15) is 0 Å². The van der Waals surface area contributed by atoms with Gasteiger partial charge < -0.3 is 15.2 Å². The van der Waals surface area contributed by atoms with E-state index in [-0.39, 0.29) is 0 Å². The number of hydrogen-bond donors (Lipinski definition) is 1. The van der Waals surface area contributed by atoms with E-state index in [9.17, 15) is 0 Å². The molecular formula is C16H19NO2S. The predicted octanol–water partition coefficient (Wildman–Crippen LogP) is 3.76. The maximum Gasteiger partial charge on any atom is 0.119 e. The first-order chi connectivity index (χ1) is 9.69. The zero-order valence-corrected chi connectivity index (χ0v) is 12.6. The maximum atomic E-state index is 5.79. The normalized spacial score (nSPS) is 10.3. The smallest absolute Gasteiger partial charge is 0.119 e. The van der Waals surface area contributed by atoms with Crippen molar-refractivity contribution in [3.8, 4) is 11.5 Å². The number of nitrogens with two attached hydrogens (primary N) is 1. The average molecular weight is 289 g/mol. The van der Waals surface area contributed by atoms with Gasteiger partial charge in [-0.1, -0.05) is 6.07 Å². The van der Waals surface area contributed by atoms with Crippen LogP contribution in [-0.2, 0) is 0 Å². The Morgan fingerprint density at radius 2 is 1.75 bits per heavy atom. The number of nitrogen functional groups attached to an aromatic ring is 1. The molecule has 0 saturated heterocycles. The first-order valence-electron chi connectivity index (χ1n) is 6.45. The minimum atomic E-state index is 0.658. The first-order valence-corrected chi connectivity index (χ1v) is 7.43. The van der Waals surface area contributed by atoms with Gasteiger partial charge >= 0.3 is 0 Å². The lowest BCUT2D eigenvalue weighted by atomic mass is 10.2. The first kappa shape index (κ1) is 14.6. The Morgan fingerprint density at radius 1 is 1.05 bits per heavy atom. The molecule has 2 rings (SSSR count). The van der Waals surface area contributed by atoms with E-state index < -0.39 is 0 Å². The minimum absolute atomic E-state index is 0.658. The fourth-order valence-corrected chi connectivity index (χ4v) is 2.66. The summed E-state index contributed by atoms with van der Waals surface area (Å²) in [5.41, 5.74) is 7.84. The third-order valence-corrected chi connectivity index (χ3v) is 4.00. The summed E-state index contributed by atoms with van der Waals surface area (Å²) in [6, 6.07) is 13.6. The SMILES string of the molecule is COc1ccc(OCCSc2cc(N)ccc2C)cc1. The highest BCUT2D eigenvalue weighted by molar-refractivity contribution is 7.99. The van der Waals surface area contributed by atoms with Crippen molar-refractivity contribution >= 4 is 17.4 Å². The summed E-state index contributed by atoms with van der Waals surface area (Å²) in [4.78, 5) is 1.21. The summed E-state index contributed by atoms with van der Waals surface area (Å²) in [6.07, 6.45) is 0. The van der Waals surface area contributed by atoms with E-state index >= 15 is 0 Å². The molecule has 0 aromatic heterocycles. The van der Waals surface area contributed by atoms with Crippen LogP contribution in [0.4, 0.5) is 5.69 Å². The van der Waals surface area contributed by atoms with Gasteiger partial charge in [0.25, 0.3) is 0 Å². The fraction of sp³-hybridized carbons (Fsp3) is 0.250. The number of thioether (sulfide) groups is 1. The molecule has 0 radical (unpaired) electrons. The van der Waals surface area contributed by atoms with Crippen molar-refractivity contribution in [3.63, 3.8) is 0 Å². The highest BCUT2D eigenvalue weighted by Gasteiger charge is 2.01.